The molecular formula is C31H28N4OPt. The molecule has 0 saturated carbocycles. The monoisotopic (exact) mass is 667 g/mol. The molecule has 2 heterocycles. The van der Waals surface area contributed by atoms with Crippen molar-refractivity contribution >= 4 is 27.8 Å². The molecule has 0 unspecified atom stereocenters. The Morgan fingerprint density at radius 3 is 2.41 bits per heavy atom. The largest absolute Gasteiger partial charge is 4.00 e. The minimum Gasteiger partial charge on any atom is -0.510 e. The fourth-order valence-electron chi connectivity index (χ4n) is 4.75. The van der Waals surface area contributed by atoms with E-state index >= 15 is 0 Å². The van der Waals surface area contributed by atoms with E-state index in [9.17, 15) is 0 Å². The first-order valence-electron chi connectivity index (χ1n) is 12.1. The normalized spacial score (nSPS) is 16.6. The summed E-state index contributed by atoms with van der Waals surface area (Å²) < 4.78 is 6.36. The number of para-hydroxylation sites is 1. The summed E-state index contributed by atoms with van der Waals surface area (Å²) in [6.07, 6.45) is 3.99. The van der Waals surface area contributed by atoms with Crippen LogP contribution >= 0.6 is 0 Å². The van der Waals surface area contributed by atoms with Crippen LogP contribution in [0.5, 0.6) is 11.5 Å². The van der Waals surface area contributed by atoms with Gasteiger partial charge in [-0.2, -0.15) is 19.4 Å². The van der Waals surface area contributed by atoms with E-state index in [1.54, 1.807) is 0 Å². The molecule has 0 N–H and O–H groups in total. The topological polar surface area (TPSA) is 22.2 Å². The molecule has 0 fully saturated rings. The molecule has 0 radical (unpaired) electrons. The Morgan fingerprint density at radius 1 is 0.811 bits per heavy atom. The standard InChI is InChI=1S/C31H28N4O.Pt/c1-31(2)28-14-7-8-15-29(28)35(22-33(31)4)30-20-26(18-23-10-5-6-13-27(23)30)36-25-12-9-11-24(19-25)34-17-16-32(3)21-34;/h5-18,21-22H,1-4H3;/q-4;+4. The second-order valence-electron chi connectivity index (χ2n) is 9.73. The van der Waals surface area contributed by atoms with E-state index in [0.29, 0.717) is 11.5 Å². The molecule has 2 aliphatic rings. The van der Waals surface area contributed by atoms with Gasteiger partial charge in [-0.3, -0.25) is 0 Å². The van der Waals surface area contributed by atoms with Gasteiger partial charge in [0.05, 0.1) is 0 Å². The molecule has 0 aromatic heterocycles. The fourth-order valence-corrected chi connectivity index (χ4v) is 4.75. The van der Waals surface area contributed by atoms with Crippen molar-refractivity contribution in [1.29, 1.82) is 0 Å². The van der Waals surface area contributed by atoms with Gasteiger partial charge in [-0.15, -0.1) is 52.9 Å². The maximum absolute atomic E-state index is 6.36. The van der Waals surface area contributed by atoms with Crippen LogP contribution < -0.4 is 14.5 Å². The van der Waals surface area contributed by atoms with Crippen molar-refractivity contribution in [3.05, 3.63) is 116 Å². The maximum Gasteiger partial charge on any atom is 4.00 e. The SMILES string of the molecule is CN1C=CN(c2[c-]c(Oc3[c-]c(N4[CH-]N(C)C(C)(C)c5ccccc54)c4ccccc4c3)ccc2)[CH-]1.[Pt+4]. The third kappa shape index (κ3) is 4.63. The Balaban J connectivity index is 0.00000280. The van der Waals surface area contributed by atoms with Crippen LogP contribution in [0.3, 0.4) is 0 Å². The summed E-state index contributed by atoms with van der Waals surface area (Å²) in [4.78, 5) is 8.48. The van der Waals surface area contributed by atoms with Crippen molar-refractivity contribution in [3.63, 3.8) is 0 Å². The summed E-state index contributed by atoms with van der Waals surface area (Å²) in [7, 11) is 4.11. The molecule has 0 bridgehead atoms. The van der Waals surface area contributed by atoms with Gasteiger partial charge in [0.2, 0.25) is 0 Å². The molecule has 37 heavy (non-hydrogen) atoms. The van der Waals surface area contributed by atoms with E-state index in [-0.39, 0.29) is 26.6 Å². The van der Waals surface area contributed by atoms with Crippen molar-refractivity contribution in [3.8, 4) is 11.5 Å². The Labute approximate surface area is 233 Å². The second-order valence-corrected chi connectivity index (χ2v) is 9.73. The molecule has 2 aliphatic heterocycles. The van der Waals surface area contributed by atoms with Crippen LogP contribution in [-0.2, 0) is 26.6 Å². The van der Waals surface area contributed by atoms with Gasteiger partial charge in [0.15, 0.2) is 0 Å². The van der Waals surface area contributed by atoms with Crippen molar-refractivity contribution in [1.82, 2.24) is 9.80 Å². The first-order valence-corrected chi connectivity index (χ1v) is 12.1. The van der Waals surface area contributed by atoms with Crippen LogP contribution in [0.15, 0.2) is 85.2 Å². The summed E-state index contributed by atoms with van der Waals surface area (Å²) in [5, 5.41) is 2.20. The zero-order valence-corrected chi connectivity index (χ0v) is 23.5. The molecule has 0 saturated heterocycles. The van der Waals surface area contributed by atoms with Crippen LogP contribution in [-0.4, -0.2) is 23.9 Å². The molecule has 4 aromatic rings. The summed E-state index contributed by atoms with van der Waals surface area (Å²) in [5.41, 5.74) is 4.15. The Morgan fingerprint density at radius 2 is 1.59 bits per heavy atom. The van der Waals surface area contributed by atoms with Gasteiger partial charge in [0, 0.05) is 22.7 Å². The quantitative estimate of drug-likeness (QED) is 0.218. The summed E-state index contributed by atoms with van der Waals surface area (Å²) in [5.74, 6) is 1.29. The molecule has 6 heteroatoms. The fraction of sp³-hybridized carbons (Fsp3) is 0.161. The van der Waals surface area contributed by atoms with Crippen molar-refractivity contribution < 1.29 is 25.8 Å². The molecule has 0 aliphatic carbocycles. The summed E-state index contributed by atoms with van der Waals surface area (Å²) >= 11 is 0. The number of benzene rings is 4. The third-order valence-corrected chi connectivity index (χ3v) is 7.00. The first-order chi connectivity index (χ1) is 17.4. The van der Waals surface area contributed by atoms with E-state index < -0.39 is 0 Å². The van der Waals surface area contributed by atoms with Gasteiger partial charge in [0.1, 0.15) is 0 Å². The zero-order chi connectivity index (χ0) is 24.9. The summed E-state index contributed by atoms with van der Waals surface area (Å²) in [6, 6.07) is 31.9. The van der Waals surface area contributed by atoms with Gasteiger partial charge >= 0.3 is 21.1 Å². The van der Waals surface area contributed by atoms with Crippen LogP contribution in [0.4, 0.5) is 17.1 Å². The van der Waals surface area contributed by atoms with Crippen molar-refractivity contribution in [2.45, 2.75) is 19.4 Å². The van der Waals surface area contributed by atoms with Crippen molar-refractivity contribution in [2.75, 3.05) is 23.9 Å². The number of rotatable bonds is 4. The minimum absolute atomic E-state index is 0. The predicted octanol–water partition coefficient (Wildman–Crippen LogP) is 7.01. The Kier molecular flexibility index (Phi) is 6.78. The van der Waals surface area contributed by atoms with E-state index in [1.807, 2.05) is 60.2 Å². The number of fused-ring (bicyclic) bond motifs is 2. The van der Waals surface area contributed by atoms with Crippen LogP contribution in [0.2, 0.25) is 0 Å². The van der Waals surface area contributed by atoms with Gasteiger partial charge in [-0.1, -0.05) is 42.1 Å². The smallest absolute Gasteiger partial charge is 0.510 e. The molecule has 4 aromatic carbocycles. The Bertz CT molecular complexity index is 1470. The summed E-state index contributed by atoms with van der Waals surface area (Å²) in [6.45, 7) is 8.64. The predicted molar refractivity (Wildman–Crippen MR) is 145 cm³/mol. The van der Waals surface area contributed by atoms with E-state index in [1.165, 1.54) is 5.56 Å². The average molecular weight is 668 g/mol. The van der Waals surface area contributed by atoms with Gasteiger partial charge < -0.3 is 24.3 Å². The van der Waals surface area contributed by atoms with Gasteiger partial charge in [0.25, 0.3) is 0 Å². The first kappa shape index (κ1) is 25.4. The average Bonchev–Trinajstić information content (AvgIpc) is 3.32. The van der Waals surface area contributed by atoms with Crippen molar-refractivity contribution in [2.24, 2.45) is 0 Å². The number of anilines is 3. The van der Waals surface area contributed by atoms with E-state index in [4.69, 9.17) is 4.74 Å². The third-order valence-electron chi connectivity index (χ3n) is 7.00. The van der Waals surface area contributed by atoms with Gasteiger partial charge in [-0.25, -0.2) is 0 Å². The second kappa shape index (κ2) is 9.89. The number of hydrogen-bond donors (Lipinski definition) is 0. The maximum atomic E-state index is 6.36. The zero-order valence-electron chi connectivity index (χ0n) is 21.3. The molecule has 5 nitrogen and oxygen atoms in total. The molecule has 0 spiro atoms. The van der Waals surface area contributed by atoms with Crippen LogP contribution in [0, 0.1) is 25.5 Å². The molecule has 0 amide bonds. The van der Waals surface area contributed by atoms with E-state index in [0.717, 1.165) is 27.8 Å². The Hall–Kier alpha value is -3.27. The number of ether oxygens (including phenoxy) is 1. The minimum atomic E-state index is -0.124. The van der Waals surface area contributed by atoms with E-state index in [2.05, 4.69) is 98.0 Å². The molecule has 188 valence electrons. The van der Waals surface area contributed by atoms with Crippen LogP contribution in [0.1, 0.15) is 19.4 Å². The van der Waals surface area contributed by atoms with Gasteiger partial charge in [-0.05, 0) is 52.0 Å². The number of hydrogen-bond acceptors (Lipinski definition) is 5. The molecule has 6 rings (SSSR count). The molecular weight excluding hydrogens is 639 g/mol. The number of nitrogens with zero attached hydrogens (tertiary/aromatic N) is 4. The van der Waals surface area contributed by atoms with Crippen LogP contribution in [0.25, 0.3) is 10.8 Å². The molecule has 0 atom stereocenters.